The summed E-state index contributed by atoms with van der Waals surface area (Å²) in [6.07, 6.45) is 5.79. The highest BCUT2D eigenvalue weighted by molar-refractivity contribution is 5.07. The molecule has 1 fully saturated rings. The second kappa shape index (κ2) is 4.25. The van der Waals surface area contributed by atoms with Gasteiger partial charge in [0.05, 0.1) is 0 Å². The molecule has 1 aliphatic heterocycles. The average Bonchev–Trinajstić information content (AvgIpc) is 2.74. The van der Waals surface area contributed by atoms with Crippen molar-refractivity contribution in [3.8, 4) is 0 Å². The van der Waals surface area contributed by atoms with Crippen molar-refractivity contribution in [2.24, 2.45) is 5.92 Å². The molecule has 2 nitrogen and oxygen atoms in total. The Hall–Kier alpha value is -0.760. The molecule has 1 unspecified atom stereocenters. The molecule has 1 aromatic rings. The van der Waals surface area contributed by atoms with E-state index in [0.29, 0.717) is 5.54 Å². The Morgan fingerprint density at radius 3 is 2.62 bits per heavy atom. The van der Waals surface area contributed by atoms with Crippen LogP contribution >= 0.6 is 0 Å². The van der Waals surface area contributed by atoms with Crippen molar-refractivity contribution in [1.82, 2.24) is 9.47 Å². The van der Waals surface area contributed by atoms with Crippen LogP contribution in [-0.2, 0) is 6.54 Å². The van der Waals surface area contributed by atoms with Gasteiger partial charge in [0.25, 0.3) is 0 Å². The molecule has 0 aliphatic carbocycles. The highest BCUT2D eigenvalue weighted by Crippen LogP contribution is 2.25. The van der Waals surface area contributed by atoms with E-state index >= 15 is 0 Å². The predicted octanol–water partition coefficient (Wildman–Crippen LogP) is 2.92. The van der Waals surface area contributed by atoms with Crippen LogP contribution in [0.3, 0.4) is 0 Å². The van der Waals surface area contributed by atoms with E-state index in [2.05, 4.69) is 55.6 Å². The van der Waals surface area contributed by atoms with Gasteiger partial charge in [0.1, 0.15) is 0 Å². The van der Waals surface area contributed by atoms with E-state index in [0.717, 1.165) is 5.92 Å². The van der Waals surface area contributed by atoms with E-state index in [1.165, 1.54) is 31.6 Å². The highest BCUT2D eigenvalue weighted by atomic mass is 15.2. The van der Waals surface area contributed by atoms with E-state index in [9.17, 15) is 0 Å². The van der Waals surface area contributed by atoms with Gasteiger partial charge in [-0.15, -0.1) is 0 Å². The lowest BCUT2D eigenvalue weighted by atomic mass is 10.1. The molecule has 2 heterocycles. The fourth-order valence-electron chi connectivity index (χ4n) is 2.56. The maximum absolute atomic E-state index is 2.61. The molecule has 0 N–H and O–H groups in total. The van der Waals surface area contributed by atoms with Crippen molar-refractivity contribution in [2.75, 3.05) is 13.1 Å². The van der Waals surface area contributed by atoms with Crippen LogP contribution in [0, 0.1) is 12.8 Å². The van der Waals surface area contributed by atoms with Gasteiger partial charge >= 0.3 is 0 Å². The first-order valence-electron chi connectivity index (χ1n) is 6.32. The molecule has 16 heavy (non-hydrogen) atoms. The van der Waals surface area contributed by atoms with Gasteiger partial charge in [-0.2, -0.15) is 0 Å². The lowest BCUT2D eigenvalue weighted by molar-refractivity contribution is 0.166. The Balaban J connectivity index is 1.90. The van der Waals surface area contributed by atoms with E-state index < -0.39 is 0 Å². The monoisotopic (exact) mass is 220 g/mol. The number of rotatable bonds is 2. The van der Waals surface area contributed by atoms with Crippen LogP contribution in [0.2, 0.25) is 0 Å². The van der Waals surface area contributed by atoms with E-state index in [1.54, 1.807) is 0 Å². The summed E-state index contributed by atoms with van der Waals surface area (Å²) in [5.74, 6) is 0.825. The first-order chi connectivity index (χ1) is 7.45. The van der Waals surface area contributed by atoms with Crippen LogP contribution < -0.4 is 0 Å². The van der Waals surface area contributed by atoms with Crippen LogP contribution in [0.1, 0.15) is 32.8 Å². The zero-order valence-corrected chi connectivity index (χ0v) is 11.0. The van der Waals surface area contributed by atoms with Gasteiger partial charge < -0.3 is 4.57 Å². The first kappa shape index (κ1) is 11.7. The number of likely N-dealkylation sites (tertiary alicyclic amines) is 1. The summed E-state index contributed by atoms with van der Waals surface area (Å²) in [7, 11) is 0. The summed E-state index contributed by atoms with van der Waals surface area (Å²) < 4.78 is 2.34. The lowest BCUT2D eigenvalue weighted by Crippen LogP contribution is -2.39. The average molecular weight is 220 g/mol. The fraction of sp³-hybridized carbons (Fsp3) is 0.714. The van der Waals surface area contributed by atoms with Crippen LogP contribution in [0.4, 0.5) is 0 Å². The van der Waals surface area contributed by atoms with E-state index in [4.69, 9.17) is 0 Å². The standard InChI is InChI=1S/C14H24N2/c1-12-5-7-15(9-12)10-13-6-8-16(11-13)14(2,3)4/h5,7,9,13H,6,8,10-11H2,1-4H3. The molecular weight excluding hydrogens is 196 g/mol. The number of aromatic nitrogens is 1. The number of aryl methyl sites for hydroxylation is 1. The van der Waals surface area contributed by atoms with E-state index in [1.807, 2.05) is 0 Å². The third-order valence-corrected chi connectivity index (χ3v) is 3.60. The topological polar surface area (TPSA) is 8.17 Å². The van der Waals surface area contributed by atoms with Crippen molar-refractivity contribution >= 4 is 0 Å². The normalized spacial score (nSPS) is 22.9. The Morgan fingerprint density at radius 1 is 1.38 bits per heavy atom. The third-order valence-electron chi connectivity index (χ3n) is 3.60. The maximum atomic E-state index is 2.61. The van der Waals surface area contributed by atoms with Gasteiger partial charge in [0.2, 0.25) is 0 Å². The van der Waals surface area contributed by atoms with Gasteiger partial charge in [-0.05, 0) is 58.2 Å². The molecule has 0 spiro atoms. The summed E-state index contributed by atoms with van der Waals surface area (Å²) in [6, 6.07) is 2.19. The molecule has 90 valence electrons. The Bertz CT molecular complexity index is 346. The minimum atomic E-state index is 0.335. The molecule has 0 saturated carbocycles. The summed E-state index contributed by atoms with van der Waals surface area (Å²) >= 11 is 0. The maximum Gasteiger partial charge on any atom is 0.0260 e. The number of hydrogen-bond donors (Lipinski definition) is 0. The molecule has 1 atom stereocenters. The lowest BCUT2D eigenvalue weighted by Gasteiger charge is -2.31. The second-order valence-corrected chi connectivity index (χ2v) is 6.16. The minimum absolute atomic E-state index is 0.335. The highest BCUT2D eigenvalue weighted by Gasteiger charge is 2.29. The summed E-state index contributed by atoms with van der Waals surface area (Å²) in [5, 5.41) is 0. The van der Waals surface area contributed by atoms with Crippen LogP contribution in [0.15, 0.2) is 18.5 Å². The van der Waals surface area contributed by atoms with Crippen LogP contribution in [0.25, 0.3) is 0 Å². The molecule has 0 aromatic carbocycles. The molecule has 0 bridgehead atoms. The molecular formula is C14H24N2. The number of nitrogens with zero attached hydrogens (tertiary/aromatic N) is 2. The summed E-state index contributed by atoms with van der Waals surface area (Å²) in [6.45, 7) is 12.8. The molecule has 0 amide bonds. The smallest absolute Gasteiger partial charge is 0.0260 e. The zero-order valence-electron chi connectivity index (χ0n) is 11.0. The van der Waals surface area contributed by atoms with Crippen LogP contribution in [-0.4, -0.2) is 28.1 Å². The molecule has 1 saturated heterocycles. The summed E-state index contributed by atoms with van der Waals surface area (Å²) in [4.78, 5) is 2.61. The van der Waals surface area contributed by atoms with Gasteiger partial charge in [0.15, 0.2) is 0 Å². The van der Waals surface area contributed by atoms with Gasteiger partial charge in [-0.3, -0.25) is 4.90 Å². The largest absolute Gasteiger partial charge is 0.354 e. The van der Waals surface area contributed by atoms with Crippen molar-refractivity contribution in [3.05, 3.63) is 24.0 Å². The van der Waals surface area contributed by atoms with Crippen molar-refractivity contribution in [1.29, 1.82) is 0 Å². The van der Waals surface area contributed by atoms with Crippen molar-refractivity contribution in [2.45, 2.75) is 46.2 Å². The minimum Gasteiger partial charge on any atom is -0.354 e. The Morgan fingerprint density at radius 2 is 2.12 bits per heavy atom. The fourth-order valence-corrected chi connectivity index (χ4v) is 2.56. The zero-order chi connectivity index (χ0) is 11.8. The Kier molecular flexibility index (Phi) is 3.11. The van der Waals surface area contributed by atoms with Crippen LogP contribution in [0.5, 0.6) is 0 Å². The molecule has 2 rings (SSSR count). The van der Waals surface area contributed by atoms with Gasteiger partial charge in [-0.1, -0.05) is 0 Å². The van der Waals surface area contributed by atoms with Crippen molar-refractivity contribution in [3.63, 3.8) is 0 Å². The van der Waals surface area contributed by atoms with Crippen molar-refractivity contribution < 1.29 is 0 Å². The van der Waals surface area contributed by atoms with Gasteiger partial charge in [0, 0.05) is 31.0 Å². The SMILES string of the molecule is Cc1ccn(CC2CCN(C(C)(C)C)C2)c1. The van der Waals surface area contributed by atoms with E-state index in [-0.39, 0.29) is 0 Å². The molecule has 2 heteroatoms. The third kappa shape index (κ3) is 2.67. The molecule has 1 aromatic heterocycles. The number of hydrogen-bond acceptors (Lipinski definition) is 1. The second-order valence-electron chi connectivity index (χ2n) is 6.16. The Labute approximate surface area is 99.3 Å². The van der Waals surface area contributed by atoms with Gasteiger partial charge in [-0.25, -0.2) is 0 Å². The molecule has 0 radical (unpaired) electrons. The quantitative estimate of drug-likeness (QED) is 0.744. The predicted molar refractivity (Wildman–Crippen MR) is 68.6 cm³/mol. The first-order valence-corrected chi connectivity index (χ1v) is 6.32. The summed E-state index contributed by atoms with van der Waals surface area (Å²) in [5.41, 5.74) is 1.70. The molecule has 1 aliphatic rings.